The van der Waals surface area contributed by atoms with E-state index in [1.165, 1.54) is 11.8 Å². The largest absolute Gasteiger partial charge is 0.353 e. The minimum Gasteiger partial charge on any atom is -0.353 e. The lowest BCUT2D eigenvalue weighted by molar-refractivity contribution is -0.114. The number of nitrogens with zero attached hydrogens (tertiary/aromatic N) is 1. The molecule has 1 unspecified atom stereocenters. The van der Waals surface area contributed by atoms with Crippen molar-refractivity contribution in [3.63, 3.8) is 0 Å². The fourth-order valence-corrected chi connectivity index (χ4v) is 6.03. The second-order valence-electron chi connectivity index (χ2n) is 8.52. The van der Waals surface area contributed by atoms with E-state index in [-0.39, 0.29) is 23.5 Å². The molecule has 1 aromatic heterocycles. The number of amides is 2. The van der Waals surface area contributed by atoms with E-state index >= 15 is 0 Å². The van der Waals surface area contributed by atoms with Gasteiger partial charge < -0.3 is 20.5 Å². The topological polar surface area (TPSA) is 75.2 Å². The minimum absolute atomic E-state index is 0.158. The van der Waals surface area contributed by atoms with Gasteiger partial charge in [-0.25, -0.2) is 0 Å². The lowest BCUT2D eigenvalue weighted by Crippen LogP contribution is -2.31. The number of anilines is 2. The van der Waals surface area contributed by atoms with Crippen LogP contribution in [-0.2, 0) is 9.59 Å². The van der Waals surface area contributed by atoms with E-state index < -0.39 is 0 Å². The number of hydrogen-bond acceptors (Lipinski definition) is 5. The Kier molecular flexibility index (Phi) is 6.75. The maximum absolute atomic E-state index is 13.4. The van der Waals surface area contributed by atoms with Crippen molar-refractivity contribution in [2.75, 3.05) is 16.4 Å². The highest BCUT2D eigenvalue weighted by atomic mass is 35.5. The third-order valence-electron chi connectivity index (χ3n) is 6.22. The van der Waals surface area contributed by atoms with Gasteiger partial charge >= 0.3 is 0 Å². The van der Waals surface area contributed by atoms with Gasteiger partial charge in [-0.2, -0.15) is 0 Å². The number of thioether (sulfide) groups is 1. The maximum atomic E-state index is 13.4. The molecule has 0 aliphatic carbocycles. The van der Waals surface area contributed by atoms with Crippen LogP contribution >= 0.6 is 35.6 Å². The van der Waals surface area contributed by atoms with Crippen LogP contribution in [0.3, 0.4) is 0 Å². The first-order chi connectivity index (χ1) is 17.3. The lowest BCUT2D eigenvalue weighted by Gasteiger charge is -2.28. The zero-order valence-electron chi connectivity index (χ0n) is 19.6. The molecule has 3 heterocycles. The number of allylic oxidation sites excluding steroid dienone is 2. The van der Waals surface area contributed by atoms with Gasteiger partial charge in [0, 0.05) is 45.1 Å². The number of nitrogens with one attached hydrogen (secondary N) is 3. The van der Waals surface area contributed by atoms with Crippen molar-refractivity contribution in [1.29, 1.82) is 0 Å². The Bertz CT molecular complexity index is 1460. The van der Waals surface area contributed by atoms with Crippen molar-refractivity contribution in [3.05, 3.63) is 105 Å². The van der Waals surface area contributed by atoms with Gasteiger partial charge in [-0.1, -0.05) is 59.8 Å². The second-order valence-corrected chi connectivity index (χ2v) is 10.3. The summed E-state index contributed by atoms with van der Waals surface area (Å²) < 4.78 is 1.93. The molecule has 3 N–H and O–H groups in total. The third-order valence-corrected chi connectivity index (χ3v) is 8.06. The van der Waals surface area contributed by atoms with Crippen molar-refractivity contribution in [2.45, 2.75) is 19.8 Å². The van der Waals surface area contributed by atoms with Crippen molar-refractivity contribution >= 4 is 63.8 Å². The van der Waals surface area contributed by atoms with E-state index in [0.717, 1.165) is 33.2 Å². The number of carbonyl (C=O) groups excluding carboxylic acids is 2. The standard InChI is InChI=1S/C27H23ClN4O2S2/c1-15-18(28)10-6-11-19(15)31-21(33)14-36-26-24-23(20-12-7-13-32(20)27(24)35)22(16(2)29-26)25(34)30-17-8-4-3-5-9-17/h3-13,23,29H,14H2,1-2H3,(H,30,34)(H,31,33). The molecule has 2 amide bonds. The predicted molar refractivity (Wildman–Crippen MR) is 150 cm³/mol. The molecule has 0 saturated heterocycles. The number of fused-ring (bicyclic) bond motifs is 3. The first-order valence-corrected chi connectivity index (χ1v) is 13.1. The van der Waals surface area contributed by atoms with Crippen LogP contribution in [0, 0.1) is 6.92 Å². The van der Waals surface area contributed by atoms with E-state index in [1.54, 1.807) is 12.1 Å². The first-order valence-electron chi connectivity index (χ1n) is 11.3. The lowest BCUT2D eigenvalue weighted by atomic mass is 9.86. The average Bonchev–Trinajstić information content (AvgIpc) is 3.44. The van der Waals surface area contributed by atoms with Crippen LogP contribution in [0.15, 0.2) is 88.7 Å². The number of halogens is 1. The fraction of sp³-hybridized carbons (Fsp3) is 0.148. The van der Waals surface area contributed by atoms with Crippen molar-refractivity contribution in [3.8, 4) is 0 Å². The Labute approximate surface area is 223 Å². The molecule has 0 bridgehead atoms. The number of thiocarbonyl (C=S) groups is 1. The minimum atomic E-state index is -0.321. The molecule has 6 nitrogen and oxygen atoms in total. The van der Waals surface area contributed by atoms with Gasteiger partial charge in [0.2, 0.25) is 5.91 Å². The number of para-hydroxylation sites is 1. The molecule has 182 valence electrons. The van der Waals surface area contributed by atoms with Crippen molar-refractivity contribution in [1.82, 2.24) is 9.88 Å². The summed E-state index contributed by atoms with van der Waals surface area (Å²) in [5.41, 5.74) is 5.33. The molecule has 2 aromatic carbocycles. The molecular formula is C27H23ClN4O2S2. The van der Waals surface area contributed by atoms with E-state index in [4.69, 9.17) is 23.8 Å². The van der Waals surface area contributed by atoms with Gasteiger partial charge in [-0.15, -0.1) is 0 Å². The fourth-order valence-electron chi connectivity index (χ4n) is 4.46. The summed E-state index contributed by atoms with van der Waals surface area (Å²) in [6.45, 7) is 3.74. The van der Waals surface area contributed by atoms with Crippen LogP contribution in [0.4, 0.5) is 11.4 Å². The van der Waals surface area contributed by atoms with E-state index in [1.807, 2.05) is 73.1 Å². The number of rotatable bonds is 6. The SMILES string of the molecule is CC1=C(C(=O)Nc2ccccc2)C2C(=C(SCC(=O)Nc3cccc(Cl)c3C)N1)C(=S)n1cccc12. The molecule has 0 fully saturated rings. The predicted octanol–water partition coefficient (Wildman–Crippen LogP) is 5.82. The number of aromatic nitrogens is 1. The van der Waals surface area contributed by atoms with Gasteiger partial charge in [-0.3, -0.25) is 9.59 Å². The summed E-state index contributed by atoms with van der Waals surface area (Å²) in [7, 11) is 0. The maximum Gasteiger partial charge on any atom is 0.254 e. The van der Waals surface area contributed by atoms with Crippen molar-refractivity contribution in [2.24, 2.45) is 0 Å². The molecular weight excluding hydrogens is 512 g/mol. The molecule has 0 spiro atoms. The monoisotopic (exact) mass is 534 g/mol. The van der Waals surface area contributed by atoms with E-state index in [9.17, 15) is 9.59 Å². The van der Waals surface area contributed by atoms with Gasteiger partial charge in [0.25, 0.3) is 5.91 Å². The Balaban J connectivity index is 1.40. The van der Waals surface area contributed by atoms with Crippen molar-refractivity contribution < 1.29 is 9.59 Å². The summed E-state index contributed by atoms with van der Waals surface area (Å²) in [5, 5.41) is 10.7. The van der Waals surface area contributed by atoms with Crippen LogP contribution in [0.2, 0.25) is 5.02 Å². The summed E-state index contributed by atoms with van der Waals surface area (Å²) in [6.07, 6.45) is 1.90. The summed E-state index contributed by atoms with van der Waals surface area (Å²) >= 11 is 13.4. The molecule has 0 saturated carbocycles. The van der Waals surface area contributed by atoms with Crippen LogP contribution in [0.1, 0.15) is 24.1 Å². The second kappa shape index (κ2) is 9.97. The highest BCUT2D eigenvalue weighted by molar-refractivity contribution is 8.03. The zero-order valence-corrected chi connectivity index (χ0v) is 22.0. The average molecular weight is 535 g/mol. The van der Waals surface area contributed by atoms with Crippen LogP contribution in [-0.4, -0.2) is 27.1 Å². The first kappa shape index (κ1) is 24.4. The van der Waals surface area contributed by atoms with Gasteiger partial charge in [0.1, 0.15) is 4.99 Å². The summed E-state index contributed by atoms with van der Waals surface area (Å²) in [5.74, 6) is -0.502. The third kappa shape index (κ3) is 4.48. The Morgan fingerprint density at radius 1 is 1.06 bits per heavy atom. The number of benzene rings is 2. The quantitative estimate of drug-likeness (QED) is 0.347. The molecule has 36 heavy (non-hydrogen) atoms. The van der Waals surface area contributed by atoms with Crippen LogP contribution in [0.25, 0.3) is 0 Å². The summed E-state index contributed by atoms with van der Waals surface area (Å²) in [6, 6.07) is 18.7. The smallest absolute Gasteiger partial charge is 0.254 e. The normalized spacial score (nSPS) is 16.4. The molecule has 0 radical (unpaired) electrons. The molecule has 2 aliphatic rings. The van der Waals surface area contributed by atoms with Gasteiger partial charge in [-0.05, 0) is 55.8 Å². The van der Waals surface area contributed by atoms with Gasteiger partial charge in [0.05, 0.1) is 16.7 Å². The molecule has 3 aromatic rings. The zero-order chi connectivity index (χ0) is 25.4. The molecule has 2 aliphatic heterocycles. The Morgan fingerprint density at radius 3 is 2.61 bits per heavy atom. The Hall–Kier alpha value is -3.33. The van der Waals surface area contributed by atoms with E-state index in [0.29, 0.717) is 21.3 Å². The summed E-state index contributed by atoms with van der Waals surface area (Å²) in [4.78, 5) is 26.8. The molecule has 9 heteroatoms. The highest BCUT2D eigenvalue weighted by Crippen LogP contribution is 2.46. The highest BCUT2D eigenvalue weighted by Gasteiger charge is 2.42. The molecule has 1 atom stereocenters. The number of carbonyl (C=O) groups is 2. The number of dihydropyridines is 1. The molecule has 5 rings (SSSR count). The van der Waals surface area contributed by atoms with Gasteiger partial charge in [0.15, 0.2) is 0 Å². The van der Waals surface area contributed by atoms with Crippen LogP contribution < -0.4 is 16.0 Å². The number of hydrogen-bond donors (Lipinski definition) is 3. The van der Waals surface area contributed by atoms with E-state index in [2.05, 4.69) is 16.0 Å². The Morgan fingerprint density at radius 2 is 1.83 bits per heavy atom. The van der Waals surface area contributed by atoms with Crippen LogP contribution in [0.5, 0.6) is 0 Å².